The summed E-state index contributed by atoms with van der Waals surface area (Å²) in [5, 5.41) is 12.3. The van der Waals surface area contributed by atoms with E-state index >= 15 is 0 Å². The number of carbonyl (C=O) groups excluding carboxylic acids is 3. The first kappa shape index (κ1) is 18.3. The van der Waals surface area contributed by atoms with Crippen LogP contribution in [-0.4, -0.2) is 28.9 Å². The zero-order valence-corrected chi connectivity index (χ0v) is 14.0. The predicted octanol–water partition coefficient (Wildman–Crippen LogP) is 1.63. The fourth-order valence-corrected chi connectivity index (χ4v) is 2.17. The SMILES string of the molecule is C[C@H](NC(=O)c1ccccc1Cl)C(=O)NNC(=O)c1ccccc1O. The first-order valence-electron chi connectivity index (χ1n) is 7.33. The standard InChI is InChI=1S/C17H16ClN3O4/c1-10(19-16(24)11-6-2-4-8-13(11)18)15(23)20-21-17(25)12-7-3-5-9-14(12)22/h2-10,22H,1H3,(H,19,24)(H,20,23)(H,21,25)/t10-/m0/s1. The summed E-state index contributed by atoms with van der Waals surface area (Å²) < 4.78 is 0. The molecule has 0 aliphatic heterocycles. The van der Waals surface area contributed by atoms with Gasteiger partial charge in [-0.15, -0.1) is 0 Å². The lowest BCUT2D eigenvalue weighted by molar-refractivity contribution is -0.123. The van der Waals surface area contributed by atoms with Crippen molar-refractivity contribution in [2.75, 3.05) is 0 Å². The molecule has 0 unspecified atom stereocenters. The number of phenols is 1. The van der Waals surface area contributed by atoms with Gasteiger partial charge in [0.2, 0.25) is 0 Å². The molecule has 0 aliphatic carbocycles. The maximum absolute atomic E-state index is 12.1. The number of phenolic OH excluding ortho intramolecular Hbond substituents is 1. The van der Waals surface area contributed by atoms with E-state index in [0.29, 0.717) is 0 Å². The van der Waals surface area contributed by atoms with Crippen LogP contribution in [0, 0.1) is 0 Å². The fourth-order valence-electron chi connectivity index (χ4n) is 1.94. The normalized spacial score (nSPS) is 11.3. The van der Waals surface area contributed by atoms with Crippen LogP contribution < -0.4 is 16.2 Å². The summed E-state index contributed by atoms with van der Waals surface area (Å²) in [5.41, 5.74) is 4.60. The molecule has 25 heavy (non-hydrogen) atoms. The number of para-hydroxylation sites is 1. The minimum Gasteiger partial charge on any atom is -0.507 e. The summed E-state index contributed by atoms with van der Waals surface area (Å²) in [7, 11) is 0. The van der Waals surface area contributed by atoms with Gasteiger partial charge in [0.25, 0.3) is 17.7 Å². The monoisotopic (exact) mass is 361 g/mol. The molecule has 7 nitrogen and oxygen atoms in total. The van der Waals surface area contributed by atoms with Gasteiger partial charge < -0.3 is 10.4 Å². The number of hydrogen-bond donors (Lipinski definition) is 4. The van der Waals surface area contributed by atoms with Crippen LogP contribution in [0.3, 0.4) is 0 Å². The van der Waals surface area contributed by atoms with Gasteiger partial charge in [-0.05, 0) is 31.2 Å². The van der Waals surface area contributed by atoms with E-state index in [2.05, 4.69) is 16.2 Å². The van der Waals surface area contributed by atoms with Crippen molar-refractivity contribution in [1.82, 2.24) is 16.2 Å². The third kappa shape index (κ3) is 4.71. The van der Waals surface area contributed by atoms with Crippen LogP contribution in [0.1, 0.15) is 27.6 Å². The number of hydrogen-bond acceptors (Lipinski definition) is 4. The lowest BCUT2D eigenvalue weighted by Crippen LogP contribution is -2.51. The third-order valence-corrected chi connectivity index (χ3v) is 3.64. The highest BCUT2D eigenvalue weighted by Crippen LogP contribution is 2.15. The molecule has 2 aromatic carbocycles. The van der Waals surface area contributed by atoms with Crippen molar-refractivity contribution in [3.63, 3.8) is 0 Å². The Balaban J connectivity index is 1.90. The van der Waals surface area contributed by atoms with Crippen LogP contribution in [0.5, 0.6) is 5.75 Å². The topological polar surface area (TPSA) is 108 Å². The molecule has 0 aliphatic rings. The molecule has 130 valence electrons. The van der Waals surface area contributed by atoms with Crippen molar-refractivity contribution in [2.24, 2.45) is 0 Å². The van der Waals surface area contributed by atoms with Gasteiger partial charge in [-0.3, -0.25) is 25.2 Å². The first-order valence-corrected chi connectivity index (χ1v) is 7.71. The van der Waals surface area contributed by atoms with Gasteiger partial charge in [0, 0.05) is 0 Å². The molecule has 1 atom stereocenters. The molecule has 0 aromatic heterocycles. The smallest absolute Gasteiger partial charge is 0.273 e. The Labute approximate surface area is 149 Å². The second-order valence-corrected chi connectivity index (χ2v) is 5.54. The van der Waals surface area contributed by atoms with E-state index in [-0.39, 0.29) is 21.9 Å². The van der Waals surface area contributed by atoms with Gasteiger partial charge in [-0.2, -0.15) is 0 Å². The van der Waals surface area contributed by atoms with Crippen LogP contribution in [0.4, 0.5) is 0 Å². The van der Waals surface area contributed by atoms with E-state index < -0.39 is 23.8 Å². The van der Waals surface area contributed by atoms with Crippen molar-refractivity contribution in [3.8, 4) is 5.75 Å². The molecule has 2 rings (SSSR count). The summed E-state index contributed by atoms with van der Waals surface area (Å²) in [4.78, 5) is 36.0. The minimum absolute atomic E-state index is 0.00977. The molecule has 8 heteroatoms. The number of carbonyl (C=O) groups is 3. The summed E-state index contributed by atoms with van der Waals surface area (Å²) >= 11 is 5.93. The second-order valence-electron chi connectivity index (χ2n) is 5.14. The van der Waals surface area contributed by atoms with Crippen LogP contribution >= 0.6 is 11.6 Å². The van der Waals surface area contributed by atoms with Gasteiger partial charge >= 0.3 is 0 Å². The first-order chi connectivity index (χ1) is 11.9. The molecule has 0 heterocycles. The van der Waals surface area contributed by atoms with Crippen molar-refractivity contribution in [2.45, 2.75) is 13.0 Å². The Morgan fingerprint density at radius 2 is 1.52 bits per heavy atom. The maximum Gasteiger partial charge on any atom is 0.273 e. The fraction of sp³-hybridized carbons (Fsp3) is 0.118. The molecular formula is C17H16ClN3O4. The van der Waals surface area contributed by atoms with Crippen molar-refractivity contribution in [1.29, 1.82) is 0 Å². The molecular weight excluding hydrogens is 346 g/mol. The molecule has 0 saturated carbocycles. The quantitative estimate of drug-likeness (QED) is 0.621. The Bertz CT molecular complexity index is 810. The van der Waals surface area contributed by atoms with E-state index in [4.69, 9.17) is 11.6 Å². The van der Waals surface area contributed by atoms with Gasteiger partial charge in [-0.25, -0.2) is 0 Å². The van der Waals surface area contributed by atoms with E-state index in [9.17, 15) is 19.5 Å². The third-order valence-electron chi connectivity index (χ3n) is 3.31. The molecule has 0 fully saturated rings. The Hall–Kier alpha value is -3.06. The lowest BCUT2D eigenvalue weighted by Gasteiger charge is -2.15. The van der Waals surface area contributed by atoms with Crippen LogP contribution in [-0.2, 0) is 4.79 Å². The average molecular weight is 362 g/mol. The highest BCUT2D eigenvalue weighted by Gasteiger charge is 2.19. The molecule has 3 amide bonds. The van der Waals surface area contributed by atoms with Gasteiger partial charge in [-0.1, -0.05) is 35.9 Å². The van der Waals surface area contributed by atoms with E-state index in [1.165, 1.54) is 25.1 Å². The van der Waals surface area contributed by atoms with E-state index in [0.717, 1.165) is 0 Å². The Kier molecular flexibility index (Phi) is 5.97. The summed E-state index contributed by atoms with van der Waals surface area (Å²) in [6.45, 7) is 1.45. The lowest BCUT2D eigenvalue weighted by atomic mass is 10.2. The summed E-state index contributed by atoms with van der Waals surface area (Å²) in [6.07, 6.45) is 0. The number of amides is 3. The zero-order valence-electron chi connectivity index (χ0n) is 13.2. The summed E-state index contributed by atoms with van der Waals surface area (Å²) in [6, 6.07) is 11.4. The van der Waals surface area contributed by atoms with Crippen LogP contribution in [0.15, 0.2) is 48.5 Å². The highest BCUT2D eigenvalue weighted by molar-refractivity contribution is 6.33. The van der Waals surface area contributed by atoms with Crippen molar-refractivity contribution >= 4 is 29.3 Å². The molecule has 0 saturated heterocycles. The van der Waals surface area contributed by atoms with E-state index in [1.807, 2.05) is 0 Å². The number of aromatic hydroxyl groups is 1. The number of halogens is 1. The van der Waals surface area contributed by atoms with Gasteiger partial charge in [0.1, 0.15) is 11.8 Å². The molecule has 0 spiro atoms. The van der Waals surface area contributed by atoms with Crippen molar-refractivity contribution in [3.05, 3.63) is 64.7 Å². The highest BCUT2D eigenvalue weighted by atomic mass is 35.5. The van der Waals surface area contributed by atoms with Gasteiger partial charge in [0.05, 0.1) is 16.1 Å². The summed E-state index contributed by atoms with van der Waals surface area (Å²) in [5.74, 6) is -2.05. The molecule has 0 radical (unpaired) electrons. The number of nitrogens with one attached hydrogen (secondary N) is 3. The second kappa shape index (κ2) is 8.16. The van der Waals surface area contributed by atoms with Crippen LogP contribution in [0.2, 0.25) is 5.02 Å². The number of benzene rings is 2. The molecule has 4 N–H and O–H groups in total. The zero-order chi connectivity index (χ0) is 18.4. The van der Waals surface area contributed by atoms with E-state index in [1.54, 1.807) is 30.3 Å². The molecule has 0 bridgehead atoms. The largest absolute Gasteiger partial charge is 0.507 e. The minimum atomic E-state index is -0.923. The van der Waals surface area contributed by atoms with Gasteiger partial charge in [0.15, 0.2) is 0 Å². The number of hydrazine groups is 1. The van der Waals surface area contributed by atoms with Crippen molar-refractivity contribution < 1.29 is 19.5 Å². The number of rotatable bonds is 4. The average Bonchev–Trinajstić information content (AvgIpc) is 2.60. The molecule has 2 aromatic rings. The van der Waals surface area contributed by atoms with Crippen LogP contribution in [0.25, 0.3) is 0 Å². The predicted molar refractivity (Wildman–Crippen MR) is 92.1 cm³/mol. The Morgan fingerprint density at radius 3 is 2.16 bits per heavy atom. The maximum atomic E-state index is 12.1. The Morgan fingerprint density at radius 1 is 0.920 bits per heavy atom.